The van der Waals surface area contributed by atoms with Gasteiger partial charge in [0.25, 0.3) is 11.4 Å². The Morgan fingerprint density at radius 1 is 0.943 bits per heavy atom. The van der Waals surface area contributed by atoms with Gasteiger partial charge in [0.2, 0.25) is 11.2 Å². The zero-order valence-electron chi connectivity index (χ0n) is 18.0. The highest BCUT2D eigenvalue weighted by molar-refractivity contribution is 5.79. The van der Waals surface area contributed by atoms with Crippen LogP contribution < -0.4 is 19.6 Å². The van der Waals surface area contributed by atoms with Gasteiger partial charge in [-0.2, -0.15) is 13.2 Å². The van der Waals surface area contributed by atoms with Crippen LogP contribution in [0.2, 0.25) is 0 Å². The molecule has 0 radical (unpaired) electrons. The van der Waals surface area contributed by atoms with E-state index in [1.807, 2.05) is 0 Å². The van der Waals surface area contributed by atoms with Crippen molar-refractivity contribution in [3.8, 4) is 23.0 Å². The third-order valence-corrected chi connectivity index (χ3v) is 4.91. The van der Waals surface area contributed by atoms with Gasteiger partial charge in [-0.15, -0.1) is 0 Å². The Morgan fingerprint density at radius 3 is 2.17 bits per heavy atom. The van der Waals surface area contributed by atoms with Crippen LogP contribution in [0.1, 0.15) is 11.3 Å². The maximum Gasteiger partial charge on any atom is 0.453 e. The van der Waals surface area contributed by atoms with Crippen LogP contribution in [-0.4, -0.2) is 12.0 Å². The number of ether oxygens (including phenoxy) is 3. The number of fused-ring (bicyclic) bond motifs is 1. The summed E-state index contributed by atoms with van der Waals surface area (Å²) in [6, 6.07) is 15.1. The van der Waals surface area contributed by atoms with Gasteiger partial charge in [0, 0.05) is 18.2 Å². The van der Waals surface area contributed by atoms with E-state index < -0.39 is 28.0 Å². The Hall–Kier alpha value is -4.54. The Balaban J connectivity index is 1.65. The van der Waals surface area contributed by atoms with Crippen LogP contribution in [0, 0.1) is 10.1 Å². The molecule has 0 saturated heterocycles. The third-order valence-electron chi connectivity index (χ3n) is 4.91. The minimum atomic E-state index is -5.01. The lowest BCUT2D eigenvalue weighted by molar-refractivity contribution is -0.384. The lowest BCUT2D eigenvalue weighted by Crippen LogP contribution is -2.15. The molecule has 0 aliphatic rings. The normalized spacial score (nSPS) is 11.3. The van der Waals surface area contributed by atoms with Gasteiger partial charge >= 0.3 is 6.18 Å². The molecule has 0 spiro atoms. The van der Waals surface area contributed by atoms with E-state index in [4.69, 9.17) is 18.6 Å². The second-order valence-corrected chi connectivity index (χ2v) is 7.23. The zero-order valence-corrected chi connectivity index (χ0v) is 18.0. The molecule has 0 N–H and O–H groups in total. The fraction of sp³-hybridized carbons (Fsp3) is 0.125. The van der Waals surface area contributed by atoms with Crippen molar-refractivity contribution < 1.29 is 36.7 Å². The number of benzene rings is 3. The van der Waals surface area contributed by atoms with Crippen molar-refractivity contribution in [3.63, 3.8) is 0 Å². The van der Waals surface area contributed by atoms with Gasteiger partial charge < -0.3 is 18.6 Å². The van der Waals surface area contributed by atoms with Gasteiger partial charge in [0.1, 0.15) is 29.4 Å². The molecule has 1 heterocycles. The molecule has 4 rings (SSSR count). The van der Waals surface area contributed by atoms with Crippen LogP contribution in [0.15, 0.2) is 75.9 Å². The van der Waals surface area contributed by atoms with Crippen LogP contribution >= 0.6 is 0 Å². The predicted molar refractivity (Wildman–Crippen MR) is 118 cm³/mol. The summed E-state index contributed by atoms with van der Waals surface area (Å²) in [6.45, 7) is -0.0154. The smallest absolute Gasteiger partial charge is 0.453 e. The van der Waals surface area contributed by atoms with Crippen molar-refractivity contribution in [1.82, 2.24) is 0 Å². The maximum absolute atomic E-state index is 13.7. The number of halogens is 3. The zero-order chi connectivity index (χ0) is 25.2. The molecular weight excluding hydrogens is 471 g/mol. The van der Waals surface area contributed by atoms with Crippen LogP contribution in [0.5, 0.6) is 23.0 Å². The van der Waals surface area contributed by atoms with E-state index in [9.17, 15) is 28.1 Å². The van der Waals surface area contributed by atoms with Crippen molar-refractivity contribution in [2.75, 3.05) is 7.11 Å². The van der Waals surface area contributed by atoms with Crippen LogP contribution in [0.25, 0.3) is 11.0 Å². The average molecular weight is 487 g/mol. The van der Waals surface area contributed by atoms with Crippen molar-refractivity contribution in [2.45, 2.75) is 12.8 Å². The first-order valence-corrected chi connectivity index (χ1v) is 10.0. The number of rotatable bonds is 7. The van der Waals surface area contributed by atoms with Gasteiger partial charge in [-0.3, -0.25) is 14.9 Å². The highest BCUT2D eigenvalue weighted by atomic mass is 19.4. The number of hydrogen-bond donors (Lipinski definition) is 0. The first kappa shape index (κ1) is 23.6. The van der Waals surface area contributed by atoms with Crippen molar-refractivity contribution in [1.29, 1.82) is 0 Å². The molecule has 0 amide bonds. The van der Waals surface area contributed by atoms with E-state index in [1.165, 1.54) is 67.8 Å². The summed E-state index contributed by atoms with van der Waals surface area (Å²) in [5, 5.41) is 10.6. The summed E-state index contributed by atoms with van der Waals surface area (Å²) >= 11 is 0. The van der Waals surface area contributed by atoms with E-state index in [0.29, 0.717) is 11.3 Å². The molecule has 0 atom stereocenters. The monoisotopic (exact) mass is 487 g/mol. The Labute approximate surface area is 195 Å². The predicted octanol–water partition coefficient (Wildman–Crippen LogP) is 6.10. The van der Waals surface area contributed by atoms with Crippen LogP contribution in [0.4, 0.5) is 18.9 Å². The van der Waals surface area contributed by atoms with Gasteiger partial charge in [0.15, 0.2) is 0 Å². The van der Waals surface area contributed by atoms with Crippen LogP contribution in [0.3, 0.4) is 0 Å². The minimum Gasteiger partial charge on any atom is -0.497 e. The number of nitrogens with zero attached hydrogens (tertiary/aromatic N) is 1. The van der Waals surface area contributed by atoms with E-state index >= 15 is 0 Å². The third kappa shape index (κ3) is 5.18. The fourth-order valence-corrected chi connectivity index (χ4v) is 3.17. The number of alkyl halides is 3. The molecule has 0 saturated carbocycles. The van der Waals surface area contributed by atoms with Gasteiger partial charge in [-0.1, -0.05) is 0 Å². The topological polar surface area (TPSA) is 101 Å². The molecule has 0 bridgehead atoms. The van der Waals surface area contributed by atoms with Gasteiger partial charge in [-0.25, -0.2) is 0 Å². The summed E-state index contributed by atoms with van der Waals surface area (Å²) in [5.41, 5.74) is -0.841. The largest absolute Gasteiger partial charge is 0.497 e. The molecule has 35 heavy (non-hydrogen) atoms. The van der Waals surface area contributed by atoms with Gasteiger partial charge in [0.05, 0.1) is 17.4 Å². The molecule has 3 aromatic carbocycles. The number of hydrogen-bond acceptors (Lipinski definition) is 7. The highest BCUT2D eigenvalue weighted by Crippen LogP contribution is 2.39. The number of methoxy groups -OCH3 is 1. The van der Waals surface area contributed by atoms with E-state index in [-0.39, 0.29) is 34.8 Å². The molecule has 0 unspecified atom stereocenters. The lowest BCUT2D eigenvalue weighted by Gasteiger charge is -2.14. The fourth-order valence-electron chi connectivity index (χ4n) is 3.17. The quantitative estimate of drug-likeness (QED) is 0.229. The van der Waals surface area contributed by atoms with Crippen molar-refractivity contribution >= 4 is 16.7 Å². The molecule has 8 nitrogen and oxygen atoms in total. The highest BCUT2D eigenvalue weighted by Gasteiger charge is 2.40. The molecule has 0 fully saturated rings. The van der Waals surface area contributed by atoms with E-state index in [0.717, 1.165) is 6.07 Å². The first-order chi connectivity index (χ1) is 16.7. The number of nitro benzene ring substituents is 1. The van der Waals surface area contributed by atoms with Crippen LogP contribution in [-0.2, 0) is 12.8 Å². The van der Waals surface area contributed by atoms with Crippen molar-refractivity contribution in [3.05, 3.63) is 98.4 Å². The summed E-state index contributed by atoms with van der Waals surface area (Å²) in [4.78, 5) is 23.1. The second-order valence-electron chi connectivity index (χ2n) is 7.23. The van der Waals surface area contributed by atoms with Gasteiger partial charge in [-0.05, 0) is 54.1 Å². The summed E-state index contributed by atoms with van der Waals surface area (Å²) < 4.78 is 62.1. The maximum atomic E-state index is 13.7. The number of non-ortho nitro benzene ring substituents is 1. The molecule has 180 valence electrons. The Bertz CT molecular complexity index is 1430. The Kier molecular flexibility index (Phi) is 6.32. The minimum absolute atomic E-state index is 0.00833. The number of nitro groups is 1. The molecule has 11 heteroatoms. The lowest BCUT2D eigenvalue weighted by atomic mass is 10.2. The molecule has 4 aromatic rings. The standard InChI is InChI=1S/C24H16F3NO7/c1-32-16-6-8-17(9-7-16)34-22-21(29)19-11-10-18(12-20(19)35-23(22)24(25,26)27)33-13-14-2-4-15(5-3-14)28(30)31/h2-12H,13H2,1H3. The SMILES string of the molecule is COc1ccc(Oc2c(C(F)(F)F)oc3cc(OCc4ccc([N+](=O)[O-])cc4)ccc3c2=O)cc1. The molecule has 0 aliphatic heterocycles. The van der Waals surface area contributed by atoms with Crippen molar-refractivity contribution in [2.24, 2.45) is 0 Å². The molecular formula is C24H16F3NO7. The van der Waals surface area contributed by atoms with E-state index in [2.05, 4.69) is 0 Å². The average Bonchev–Trinajstić information content (AvgIpc) is 2.84. The molecule has 1 aromatic heterocycles. The second kappa shape index (κ2) is 9.37. The van der Waals surface area contributed by atoms with E-state index in [1.54, 1.807) is 0 Å². The first-order valence-electron chi connectivity index (χ1n) is 10.0. The Morgan fingerprint density at radius 2 is 1.57 bits per heavy atom. The summed E-state index contributed by atoms with van der Waals surface area (Å²) in [7, 11) is 1.43. The summed E-state index contributed by atoms with van der Waals surface area (Å²) in [5.74, 6) is -1.99. The summed E-state index contributed by atoms with van der Waals surface area (Å²) in [6.07, 6.45) is -5.01. The molecule has 0 aliphatic carbocycles.